The van der Waals surface area contributed by atoms with Crippen LogP contribution in [0.25, 0.3) is 0 Å². The SMILES string of the molecule is COCc1noc(CN2CCC3(CCC(=O)N(C[C@@H]4CCCO4)C3)CC2)n1. The van der Waals surface area contributed by atoms with Gasteiger partial charge in [0.15, 0.2) is 5.82 Å². The highest BCUT2D eigenvalue weighted by Gasteiger charge is 2.41. The summed E-state index contributed by atoms with van der Waals surface area (Å²) in [6.45, 7) is 5.57. The number of piperidine rings is 2. The van der Waals surface area contributed by atoms with Crippen molar-refractivity contribution >= 4 is 5.91 Å². The van der Waals surface area contributed by atoms with Crippen LogP contribution in [-0.4, -0.2) is 71.8 Å². The molecule has 150 valence electrons. The van der Waals surface area contributed by atoms with Crippen LogP contribution in [0.2, 0.25) is 0 Å². The summed E-state index contributed by atoms with van der Waals surface area (Å²) in [4.78, 5) is 21.2. The Morgan fingerprint density at radius 2 is 2.15 bits per heavy atom. The summed E-state index contributed by atoms with van der Waals surface area (Å²) in [6.07, 6.45) is 6.36. The Kier molecular flexibility index (Phi) is 5.75. The highest BCUT2D eigenvalue weighted by atomic mass is 16.5. The number of carbonyl (C=O) groups is 1. The maximum absolute atomic E-state index is 12.4. The third-order valence-corrected chi connectivity index (χ3v) is 6.26. The summed E-state index contributed by atoms with van der Waals surface area (Å²) in [5.41, 5.74) is 0.263. The van der Waals surface area contributed by atoms with Crippen molar-refractivity contribution in [1.29, 1.82) is 0 Å². The van der Waals surface area contributed by atoms with E-state index < -0.39 is 0 Å². The zero-order valence-electron chi connectivity index (χ0n) is 16.2. The van der Waals surface area contributed by atoms with Gasteiger partial charge in [-0.2, -0.15) is 4.98 Å². The van der Waals surface area contributed by atoms with Crippen molar-refractivity contribution in [2.24, 2.45) is 5.41 Å². The van der Waals surface area contributed by atoms with Crippen LogP contribution >= 0.6 is 0 Å². The molecule has 3 saturated heterocycles. The lowest BCUT2D eigenvalue weighted by molar-refractivity contribution is -0.141. The Labute approximate surface area is 160 Å². The maximum atomic E-state index is 12.4. The highest BCUT2D eigenvalue weighted by Crippen LogP contribution is 2.40. The minimum atomic E-state index is 0.239. The molecule has 3 fully saturated rings. The van der Waals surface area contributed by atoms with Crippen LogP contribution in [0.1, 0.15) is 50.2 Å². The molecule has 0 aliphatic carbocycles. The van der Waals surface area contributed by atoms with Gasteiger partial charge in [-0.3, -0.25) is 9.69 Å². The van der Waals surface area contributed by atoms with Gasteiger partial charge in [-0.25, -0.2) is 0 Å². The second-order valence-corrected chi connectivity index (χ2v) is 8.22. The summed E-state index contributed by atoms with van der Waals surface area (Å²) in [5, 5.41) is 3.93. The van der Waals surface area contributed by atoms with Crippen molar-refractivity contribution in [1.82, 2.24) is 19.9 Å². The zero-order valence-corrected chi connectivity index (χ0v) is 16.2. The smallest absolute Gasteiger partial charge is 0.240 e. The molecular weight excluding hydrogens is 348 g/mol. The molecule has 0 saturated carbocycles. The van der Waals surface area contributed by atoms with Crippen LogP contribution in [0.15, 0.2) is 4.52 Å². The first-order chi connectivity index (χ1) is 13.2. The van der Waals surface area contributed by atoms with Crippen LogP contribution < -0.4 is 0 Å². The van der Waals surface area contributed by atoms with Gasteiger partial charge in [-0.05, 0) is 50.6 Å². The predicted octanol–water partition coefficient (Wildman–Crippen LogP) is 1.60. The Bertz CT molecular complexity index is 635. The fourth-order valence-electron chi connectivity index (χ4n) is 4.63. The molecule has 27 heavy (non-hydrogen) atoms. The van der Waals surface area contributed by atoms with Gasteiger partial charge in [0.05, 0.1) is 12.6 Å². The lowest BCUT2D eigenvalue weighted by Gasteiger charge is -2.47. The number of nitrogens with zero attached hydrogens (tertiary/aromatic N) is 4. The maximum Gasteiger partial charge on any atom is 0.240 e. The molecule has 3 aliphatic heterocycles. The van der Waals surface area contributed by atoms with Gasteiger partial charge in [-0.15, -0.1) is 0 Å². The molecule has 1 atom stereocenters. The molecule has 1 amide bonds. The molecule has 0 bridgehead atoms. The van der Waals surface area contributed by atoms with E-state index in [9.17, 15) is 4.79 Å². The number of ether oxygens (including phenoxy) is 2. The van der Waals surface area contributed by atoms with E-state index in [1.807, 2.05) is 0 Å². The number of likely N-dealkylation sites (tertiary alicyclic amines) is 2. The molecule has 0 radical (unpaired) electrons. The first kappa shape index (κ1) is 18.8. The molecule has 0 aromatic carbocycles. The number of amides is 1. The van der Waals surface area contributed by atoms with E-state index >= 15 is 0 Å². The van der Waals surface area contributed by atoms with Crippen molar-refractivity contribution in [3.63, 3.8) is 0 Å². The summed E-state index contributed by atoms with van der Waals surface area (Å²) in [5.74, 6) is 1.54. The highest BCUT2D eigenvalue weighted by molar-refractivity contribution is 5.77. The Hall–Kier alpha value is -1.51. The first-order valence-corrected chi connectivity index (χ1v) is 10.1. The van der Waals surface area contributed by atoms with Crippen molar-refractivity contribution < 1.29 is 18.8 Å². The van der Waals surface area contributed by atoms with Crippen molar-refractivity contribution in [3.05, 3.63) is 11.7 Å². The van der Waals surface area contributed by atoms with Crippen LogP contribution in [0, 0.1) is 5.41 Å². The van der Waals surface area contributed by atoms with E-state index in [1.54, 1.807) is 7.11 Å². The molecule has 1 spiro atoms. The van der Waals surface area contributed by atoms with Crippen molar-refractivity contribution in [3.8, 4) is 0 Å². The molecule has 1 aromatic heterocycles. The van der Waals surface area contributed by atoms with Crippen molar-refractivity contribution in [2.45, 2.75) is 57.8 Å². The van der Waals surface area contributed by atoms with Crippen LogP contribution in [0.3, 0.4) is 0 Å². The minimum Gasteiger partial charge on any atom is -0.377 e. The summed E-state index contributed by atoms with van der Waals surface area (Å²) in [6, 6.07) is 0. The average Bonchev–Trinajstić information content (AvgIpc) is 3.33. The van der Waals surface area contributed by atoms with Crippen molar-refractivity contribution in [2.75, 3.05) is 39.9 Å². The molecule has 3 aliphatic rings. The van der Waals surface area contributed by atoms with Crippen LogP contribution in [0.4, 0.5) is 0 Å². The van der Waals surface area contributed by atoms with E-state index in [-0.39, 0.29) is 11.5 Å². The lowest BCUT2D eigenvalue weighted by Crippen LogP contribution is -2.52. The Morgan fingerprint density at radius 1 is 1.30 bits per heavy atom. The summed E-state index contributed by atoms with van der Waals surface area (Å²) in [7, 11) is 1.62. The molecule has 8 nitrogen and oxygen atoms in total. The van der Waals surface area contributed by atoms with Crippen LogP contribution in [-0.2, 0) is 27.4 Å². The number of methoxy groups -OCH3 is 1. The predicted molar refractivity (Wildman–Crippen MR) is 96.7 cm³/mol. The molecular formula is C19H30N4O4. The monoisotopic (exact) mass is 378 g/mol. The summed E-state index contributed by atoms with van der Waals surface area (Å²) < 4.78 is 16.1. The second kappa shape index (κ2) is 8.24. The van der Waals surface area contributed by atoms with E-state index in [2.05, 4.69) is 19.9 Å². The van der Waals surface area contributed by atoms with E-state index in [1.165, 1.54) is 0 Å². The molecule has 8 heteroatoms. The van der Waals surface area contributed by atoms with Gasteiger partial charge in [0.1, 0.15) is 6.61 Å². The van der Waals surface area contributed by atoms with Gasteiger partial charge in [0, 0.05) is 33.2 Å². The van der Waals surface area contributed by atoms with Gasteiger partial charge in [0.25, 0.3) is 0 Å². The Balaban J connectivity index is 1.29. The average molecular weight is 378 g/mol. The number of aromatic nitrogens is 2. The van der Waals surface area contributed by atoms with E-state index in [0.29, 0.717) is 37.2 Å². The van der Waals surface area contributed by atoms with E-state index in [4.69, 9.17) is 14.0 Å². The third-order valence-electron chi connectivity index (χ3n) is 6.26. The largest absolute Gasteiger partial charge is 0.377 e. The standard InChI is InChI=1S/C19H30N4O4/c1-25-13-16-20-17(27-21-16)12-22-8-6-19(7-9-22)5-4-18(24)23(14-19)11-15-3-2-10-26-15/h15H,2-14H2,1H3/t15-/m0/s1. The molecule has 1 aromatic rings. The Morgan fingerprint density at radius 3 is 2.89 bits per heavy atom. The molecule has 4 rings (SSSR count). The zero-order chi connectivity index (χ0) is 18.7. The minimum absolute atomic E-state index is 0.239. The van der Waals surface area contributed by atoms with E-state index in [0.717, 1.165) is 64.9 Å². The second-order valence-electron chi connectivity index (χ2n) is 8.22. The fourth-order valence-corrected chi connectivity index (χ4v) is 4.63. The summed E-state index contributed by atoms with van der Waals surface area (Å²) >= 11 is 0. The van der Waals surface area contributed by atoms with Crippen LogP contribution in [0.5, 0.6) is 0 Å². The number of hydrogen-bond acceptors (Lipinski definition) is 7. The molecule has 4 heterocycles. The molecule has 0 unspecified atom stereocenters. The number of rotatable bonds is 6. The quantitative estimate of drug-likeness (QED) is 0.744. The van der Waals surface area contributed by atoms with Gasteiger partial charge in [0.2, 0.25) is 11.8 Å². The van der Waals surface area contributed by atoms with Gasteiger partial charge >= 0.3 is 0 Å². The first-order valence-electron chi connectivity index (χ1n) is 10.1. The molecule has 0 N–H and O–H groups in total. The third kappa shape index (κ3) is 4.50. The number of hydrogen-bond donors (Lipinski definition) is 0. The van der Waals surface area contributed by atoms with Gasteiger partial charge < -0.3 is 18.9 Å². The number of carbonyl (C=O) groups excluding carboxylic acids is 1. The lowest BCUT2D eigenvalue weighted by atomic mass is 9.72. The van der Waals surface area contributed by atoms with Gasteiger partial charge in [-0.1, -0.05) is 5.16 Å². The topological polar surface area (TPSA) is 80.9 Å². The fraction of sp³-hybridized carbons (Fsp3) is 0.842. The normalized spacial score (nSPS) is 26.2.